The summed E-state index contributed by atoms with van der Waals surface area (Å²) >= 11 is 0. The van der Waals surface area contributed by atoms with Crippen molar-refractivity contribution in [3.05, 3.63) is 35.4 Å². The summed E-state index contributed by atoms with van der Waals surface area (Å²) in [7, 11) is 0. The first kappa shape index (κ1) is 19.0. The third-order valence-electron chi connectivity index (χ3n) is 3.65. The van der Waals surface area contributed by atoms with Gasteiger partial charge in [0.2, 0.25) is 5.91 Å². The fourth-order valence-corrected chi connectivity index (χ4v) is 2.16. The summed E-state index contributed by atoms with van der Waals surface area (Å²) in [6, 6.07) is 3.68. The molecule has 0 saturated carbocycles. The quantitative estimate of drug-likeness (QED) is 0.806. The largest absolute Gasteiger partial charge is 0.480 e. The number of aliphatic carboxylic acids is 1. The second-order valence-electron chi connectivity index (χ2n) is 5.31. The average molecular weight is 331 g/mol. The van der Waals surface area contributed by atoms with E-state index in [0.717, 1.165) is 12.1 Å². The van der Waals surface area contributed by atoms with Gasteiger partial charge < -0.3 is 10.4 Å². The Balaban J connectivity index is 2.76. The number of carboxylic acids is 1. The van der Waals surface area contributed by atoms with Gasteiger partial charge in [0.25, 0.3) is 0 Å². The molecule has 0 aliphatic rings. The lowest BCUT2D eigenvalue weighted by Crippen LogP contribution is -2.43. The van der Waals surface area contributed by atoms with Gasteiger partial charge in [0.15, 0.2) is 0 Å². The van der Waals surface area contributed by atoms with Gasteiger partial charge in [0.05, 0.1) is 5.56 Å². The van der Waals surface area contributed by atoms with Gasteiger partial charge in [-0.1, -0.05) is 26.0 Å². The normalized spacial score (nSPS) is 14.1. The molecule has 0 aliphatic carbocycles. The van der Waals surface area contributed by atoms with Gasteiger partial charge in [-0.15, -0.1) is 0 Å². The molecule has 1 rings (SSSR count). The first-order valence-corrected chi connectivity index (χ1v) is 7.38. The minimum atomic E-state index is -4.39. The number of halogens is 3. The highest BCUT2D eigenvalue weighted by atomic mass is 19.4. The zero-order valence-corrected chi connectivity index (χ0v) is 13.0. The first-order valence-electron chi connectivity index (χ1n) is 7.38. The van der Waals surface area contributed by atoms with Crippen molar-refractivity contribution in [3.63, 3.8) is 0 Å². The average Bonchev–Trinajstić information content (AvgIpc) is 2.49. The monoisotopic (exact) mass is 331 g/mol. The van der Waals surface area contributed by atoms with E-state index in [0.29, 0.717) is 12.0 Å². The molecule has 0 bridgehead atoms. The third kappa shape index (κ3) is 5.58. The molecular formula is C16H20F3NO3. The van der Waals surface area contributed by atoms with Crippen molar-refractivity contribution in [3.8, 4) is 0 Å². The highest BCUT2D eigenvalue weighted by molar-refractivity contribution is 5.85. The van der Waals surface area contributed by atoms with Crippen molar-refractivity contribution in [1.82, 2.24) is 5.32 Å². The van der Waals surface area contributed by atoms with Crippen molar-refractivity contribution in [2.75, 3.05) is 0 Å². The number of carboxylic acid groups (broad SMARTS) is 1. The maximum absolute atomic E-state index is 12.5. The van der Waals surface area contributed by atoms with Crippen LogP contribution in [-0.4, -0.2) is 23.0 Å². The fourth-order valence-electron chi connectivity index (χ4n) is 2.16. The van der Waals surface area contributed by atoms with Gasteiger partial charge in [-0.05, 0) is 37.0 Å². The Bertz CT molecular complexity index is 540. The zero-order valence-electron chi connectivity index (χ0n) is 13.0. The molecule has 2 atom stereocenters. The van der Waals surface area contributed by atoms with Crippen LogP contribution in [-0.2, 0) is 22.2 Å². The van der Waals surface area contributed by atoms with Crippen molar-refractivity contribution >= 4 is 11.9 Å². The molecule has 1 amide bonds. The molecule has 0 aromatic heterocycles. The van der Waals surface area contributed by atoms with Crippen molar-refractivity contribution in [2.24, 2.45) is 5.92 Å². The number of carbonyl (C=O) groups excluding carboxylic acids is 1. The zero-order chi connectivity index (χ0) is 17.6. The van der Waals surface area contributed by atoms with Crippen LogP contribution in [0, 0.1) is 5.92 Å². The van der Waals surface area contributed by atoms with E-state index in [1.165, 1.54) is 12.1 Å². The first-order chi connectivity index (χ1) is 10.7. The van der Waals surface area contributed by atoms with Gasteiger partial charge in [-0.25, -0.2) is 4.79 Å². The molecule has 0 radical (unpaired) electrons. The fraction of sp³-hybridized carbons (Fsp3) is 0.500. The molecule has 2 N–H and O–H groups in total. The van der Waals surface area contributed by atoms with Gasteiger partial charge in [0.1, 0.15) is 6.04 Å². The van der Waals surface area contributed by atoms with Crippen LogP contribution in [0.3, 0.4) is 0 Å². The van der Waals surface area contributed by atoms with E-state index in [-0.39, 0.29) is 12.8 Å². The molecule has 7 heteroatoms. The highest BCUT2D eigenvalue weighted by Gasteiger charge is 2.30. The van der Waals surface area contributed by atoms with Crippen LogP contribution >= 0.6 is 0 Å². The lowest BCUT2D eigenvalue weighted by molar-refractivity contribution is -0.142. The highest BCUT2D eigenvalue weighted by Crippen LogP contribution is 2.29. The smallest absolute Gasteiger partial charge is 0.416 e. The lowest BCUT2D eigenvalue weighted by Gasteiger charge is -2.19. The van der Waals surface area contributed by atoms with Gasteiger partial charge in [-0.3, -0.25) is 4.79 Å². The molecular weight excluding hydrogens is 311 g/mol. The van der Waals surface area contributed by atoms with E-state index in [9.17, 15) is 22.8 Å². The van der Waals surface area contributed by atoms with Gasteiger partial charge >= 0.3 is 12.1 Å². The Morgan fingerprint density at radius 1 is 1.13 bits per heavy atom. The Morgan fingerprint density at radius 2 is 1.70 bits per heavy atom. The number of hydrogen-bond acceptors (Lipinski definition) is 2. The van der Waals surface area contributed by atoms with E-state index in [2.05, 4.69) is 5.32 Å². The van der Waals surface area contributed by atoms with Crippen molar-refractivity contribution in [1.29, 1.82) is 0 Å². The molecule has 1 aromatic carbocycles. The molecule has 0 aliphatic heterocycles. The van der Waals surface area contributed by atoms with Crippen LogP contribution in [0.2, 0.25) is 0 Å². The molecule has 0 heterocycles. The van der Waals surface area contributed by atoms with Crippen LogP contribution in [0.15, 0.2) is 24.3 Å². The van der Waals surface area contributed by atoms with Crippen LogP contribution < -0.4 is 5.32 Å². The van der Waals surface area contributed by atoms with Gasteiger partial charge in [0, 0.05) is 5.92 Å². The summed E-state index contributed by atoms with van der Waals surface area (Å²) in [6.07, 6.45) is -3.41. The molecule has 2 unspecified atom stereocenters. The molecule has 0 fully saturated rings. The number of benzene rings is 1. The molecule has 1 aromatic rings. The van der Waals surface area contributed by atoms with Crippen LogP contribution in [0.4, 0.5) is 13.2 Å². The maximum Gasteiger partial charge on any atom is 0.416 e. The van der Waals surface area contributed by atoms with Crippen molar-refractivity contribution < 1.29 is 27.9 Å². The minimum Gasteiger partial charge on any atom is -0.480 e. The SMILES string of the molecule is CCC(Cc1ccc(C(F)(F)F)cc1)C(=O)NC(CC)C(=O)O. The number of carbonyl (C=O) groups is 2. The predicted molar refractivity (Wildman–Crippen MR) is 78.8 cm³/mol. The predicted octanol–water partition coefficient (Wildman–Crippen LogP) is 3.25. The Morgan fingerprint density at radius 3 is 2.09 bits per heavy atom. The minimum absolute atomic E-state index is 0.260. The van der Waals surface area contributed by atoms with E-state index < -0.39 is 35.6 Å². The number of rotatable bonds is 7. The second-order valence-corrected chi connectivity index (χ2v) is 5.31. The Kier molecular flexibility index (Phi) is 6.60. The topological polar surface area (TPSA) is 66.4 Å². The van der Waals surface area contributed by atoms with Crippen LogP contribution in [0.25, 0.3) is 0 Å². The number of hydrogen-bond donors (Lipinski definition) is 2. The lowest BCUT2D eigenvalue weighted by atomic mass is 9.95. The van der Waals surface area contributed by atoms with E-state index in [4.69, 9.17) is 5.11 Å². The summed E-state index contributed by atoms with van der Waals surface area (Å²) in [4.78, 5) is 23.1. The molecule has 4 nitrogen and oxygen atoms in total. The summed E-state index contributed by atoms with van der Waals surface area (Å²) in [5.41, 5.74) is -0.140. The molecule has 128 valence electrons. The van der Waals surface area contributed by atoms with E-state index in [1.54, 1.807) is 13.8 Å². The molecule has 23 heavy (non-hydrogen) atoms. The Labute approximate surface area is 132 Å². The summed E-state index contributed by atoms with van der Waals surface area (Å²) < 4.78 is 37.5. The summed E-state index contributed by atoms with van der Waals surface area (Å²) in [6.45, 7) is 3.42. The summed E-state index contributed by atoms with van der Waals surface area (Å²) in [5, 5.41) is 11.4. The van der Waals surface area contributed by atoms with E-state index in [1.807, 2.05) is 0 Å². The molecule has 0 saturated heterocycles. The third-order valence-corrected chi connectivity index (χ3v) is 3.65. The van der Waals surface area contributed by atoms with Crippen molar-refractivity contribution in [2.45, 2.75) is 45.3 Å². The van der Waals surface area contributed by atoms with Crippen LogP contribution in [0.5, 0.6) is 0 Å². The standard InChI is InChI=1S/C16H20F3NO3/c1-3-11(14(21)20-13(4-2)15(22)23)9-10-5-7-12(8-6-10)16(17,18)19/h5-8,11,13H,3-4,9H2,1-2H3,(H,20,21)(H,22,23). The number of amides is 1. The second kappa shape index (κ2) is 7.99. The van der Waals surface area contributed by atoms with Gasteiger partial charge in [-0.2, -0.15) is 13.2 Å². The van der Waals surface area contributed by atoms with Crippen LogP contribution in [0.1, 0.15) is 37.8 Å². The molecule has 0 spiro atoms. The van der Waals surface area contributed by atoms with E-state index >= 15 is 0 Å². The summed E-state index contributed by atoms with van der Waals surface area (Å²) in [5.74, 6) is -1.99. The maximum atomic E-state index is 12.5. The number of nitrogens with one attached hydrogen (secondary N) is 1. The number of alkyl halides is 3. The Hall–Kier alpha value is -2.05.